The second-order valence-electron chi connectivity index (χ2n) is 6.44. The molecule has 0 aromatic carbocycles. The van der Waals surface area contributed by atoms with E-state index in [9.17, 15) is 4.79 Å². The number of hydrogen-bond donors (Lipinski definition) is 0. The van der Waals surface area contributed by atoms with Crippen molar-refractivity contribution in [1.82, 2.24) is 9.80 Å². The molecule has 0 saturated carbocycles. The number of hydrogen-bond acceptors (Lipinski definition) is 3. The zero-order valence-electron chi connectivity index (χ0n) is 12.1. The van der Waals surface area contributed by atoms with E-state index in [-0.39, 0.29) is 5.41 Å². The van der Waals surface area contributed by atoms with Crippen molar-refractivity contribution in [1.29, 1.82) is 0 Å². The van der Waals surface area contributed by atoms with Crippen LogP contribution in [-0.4, -0.2) is 55.4 Å². The Morgan fingerprint density at radius 3 is 2.29 bits per heavy atom. The van der Waals surface area contributed by atoms with Crippen LogP contribution < -0.4 is 0 Å². The van der Waals surface area contributed by atoms with Crippen molar-refractivity contribution in [2.75, 3.05) is 33.7 Å². The first-order valence-electron chi connectivity index (χ1n) is 6.73. The topological polar surface area (TPSA) is 23.6 Å². The SMILES string of the molecule is CN1CCC(N(C)CCC(=O)C(C)(C)C)CC1. The van der Waals surface area contributed by atoms with Gasteiger partial charge in [0.05, 0.1) is 0 Å². The summed E-state index contributed by atoms with van der Waals surface area (Å²) in [5, 5.41) is 0. The number of likely N-dealkylation sites (tertiary alicyclic amines) is 1. The Morgan fingerprint density at radius 1 is 1.29 bits per heavy atom. The molecule has 0 bridgehead atoms. The maximum atomic E-state index is 11.9. The van der Waals surface area contributed by atoms with E-state index in [4.69, 9.17) is 0 Å². The molecule has 0 amide bonds. The zero-order chi connectivity index (χ0) is 13.1. The minimum Gasteiger partial charge on any atom is -0.306 e. The van der Waals surface area contributed by atoms with Crippen molar-refractivity contribution in [2.45, 2.75) is 46.1 Å². The average Bonchev–Trinajstić information content (AvgIpc) is 2.25. The van der Waals surface area contributed by atoms with Crippen LogP contribution in [0, 0.1) is 5.41 Å². The monoisotopic (exact) mass is 240 g/mol. The van der Waals surface area contributed by atoms with E-state index >= 15 is 0 Å². The minimum atomic E-state index is -0.187. The molecule has 0 unspecified atom stereocenters. The Hall–Kier alpha value is -0.410. The lowest BCUT2D eigenvalue weighted by atomic mass is 9.89. The lowest BCUT2D eigenvalue weighted by Crippen LogP contribution is -2.42. The fraction of sp³-hybridized carbons (Fsp3) is 0.929. The number of rotatable bonds is 4. The molecule has 3 heteroatoms. The van der Waals surface area contributed by atoms with Crippen molar-refractivity contribution in [3.8, 4) is 0 Å². The molecule has 0 aromatic heterocycles. The molecule has 0 aliphatic carbocycles. The summed E-state index contributed by atoms with van der Waals surface area (Å²) < 4.78 is 0. The van der Waals surface area contributed by atoms with Gasteiger partial charge in [0.1, 0.15) is 5.78 Å². The molecule has 0 atom stereocenters. The summed E-state index contributed by atoms with van der Waals surface area (Å²) >= 11 is 0. The maximum Gasteiger partial charge on any atom is 0.139 e. The Morgan fingerprint density at radius 2 is 1.82 bits per heavy atom. The summed E-state index contributed by atoms with van der Waals surface area (Å²) in [6, 6.07) is 0.666. The molecule has 3 nitrogen and oxygen atoms in total. The molecule has 0 spiro atoms. The quantitative estimate of drug-likeness (QED) is 0.751. The first-order valence-corrected chi connectivity index (χ1v) is 6.73. The summed E-state index contributed by atoms with van der Waals surface area (Å²) in [5.74, 6) is 0.372. The van der Waals surface area contributed by atoms with E-state index < -0.39 is 0 Å². The van der Waals surface area contributed by atoms with Gasteiger partial charge in [-0.1, -0.05) is 20.8 Å². The molecular formula is C14H28N2O. The summed E-state index contributed by atoms with van der Waals surface area (Å²) in [4.78, 5) is 16.6. The van der Waals surface area contributed by atoms with Crippen LogP contribution in [0.2, 0.25) is 0 Å². The van der Waals surface area contributed by atoms with Gasteiger partial charge in [-0.05, 0) is 40.0 Å². The highest BCUT2D eigenvalue weighted by Crippen LogP contribution is 2.18. The number of ketones is 1. The second kappa shape index (κ2) is 5.96. The number of carbonyl (C=O) groups is 1. The van der Waals surface area contributed by atoms with Gasteiger partial charge >= 0.3 is 0 Å². The highest BCUT2D eigenvalue weighted by atomic mass is 16.1. The van der Waals surface area contributed by atoms with Crippen molar-refractivity contribution < 1.29 is 4.79 Å². The fourth-order valence-corrected chi connectivity index (χ4v) is 2.27. The third kappa shape index (κ3) is 4.76. The van der Waals surface area contributed by atoms with Crippen LogP contribution in [-0.2, 0) is 4.79 Å². The smallest absolute Gasteiger partial charge is 0.139 e. The molecule has 1 heterocycles. The first-order chi connectivity index (χ1) is 7.80. The van der Waals surface area contributed by atoms with Crippen LogP contribution in [0.15, 0.2) is 0 Å². The predicted molar refractivity (Wildman–Crippen MR) is 72.2 cm³/mol. The summed E-state index contributed by atoms with van der Waals surface area (Å²) in [6.45, 7) is 9.29. The predicted octanol–water partition coefficient (Wildman–Crippen LogP) is 2.02. The highest BCUT2D eigenvalue weighted by molar-refractivity contribution is 5.83. The maximum absolute atomic E-state index is 11.9. The summed E-state index contributed by atoms with van der Waals surface area (Å²) in [6.07, 6.45) is 3.15. The van der Waals surface area contributed by atoms with Gasteiger partial charge < -0.3 is 9.80 Å². The van der Waals surface area contributed by atoms with Crippen molar-refractivity contribution >= 4 is 5.78 Å². The summed E-state index contributed by atoms with van der Waals surface area (Å²) in [7, 11) is 4.34. The Bertz CT molecular complexity index is 249. The van der Waals surface area contributed by atoms with Crippen molar-refractivity contribution in [2.24, 2.45) is 5.41 Å². The van der Waals surface area contributed by atoms with Crippen LogP contribution >= 0.6 is 0 Å². The van der Waals surface area contributed by atoms with E-state index in [2.05, 4.69) is 23.9 Å². The van der Waals surface area contributed by atoms with Crippen LogP contribution in [0.5, 0.6) is 0 Å². The average molecular weight is 240 g/mol. The molecule has 1 saturated heterocycles. The Kier molecular flexibility index (Phi) is 5.14. The second-order valence-corrected chi connectivity index (χ2v) is 6.44. The van der Waals surface area contributed by atoms with Crippen LogP contribution in [0.4, 0.5) is 0 Å². The molecule has 0 aromatic rings. The molecule has 1 fully saturated rings. The number of nitrogens with zero attached hydrogens (tertiary/aromatic N) is 2. The number of carbonyl (C=O) groups excluding carboxylic acids is 1. The zero-order valence-corrected chi connectivity index (χ0v) is 12.1. The molecule has 1 aliphatic heterocycles. The standard InChI is InChI=1S/C14H28N2O/c1-14(2,3)13(17)8-11-16(5)12-6-9-15(4)10-7-12/h12H,6-11H2,1-5H3. The van der Waals surface area contributed by atoms with Gasteiger partial charge in [0.2, 0.25) is 0 Å². The van der Waals surface area contributed by atoms with Gasteiger partial charge in [0.25, 0.3) is 0 Å². The Balaban J connectivity index is 2.30. The molecule has 0 radical (unpaired) electrons. The minimum absolute atomic E-state index is 0.187. The lowest BCUT2D eigenvalue weighted by molar-refractivity contribution is -0.126. The molecule has 100 valence electrons. The molecule has 1 aliphatic rings. The van der Waals surface area contributed by atoms with Gasteiger partial charge in [-0.25, -0.2) is 0 Å². The van der Waals surface area contributed by atoms with Crippen LogP contribution in [0.25, 0.3) is 0 Å². The van der Waals surface area contributed by atoms with Gasteiger partial charge in [0, 0.05) is 24.4 Å². The highest BCUT2D eigenvalue weighted by Gasteiger charge is 2.24. The molecular weight excluding hydrogens is 212 g/mol. The van der Waals surface area contributed by atoms with Crippen molar-refractivity contribution in [3.63, 3.8) is 0 Å². The van der Waals surface area contributed by atoms with Crippen LogP contribution in [0.1, 0.15) is 40.0 Å². The normalized spacial score (nSPS) is 19.9. The largest absolute Gasteiger partial charge is 0.306 e. The van der Waals surface area contributed by atoms with Crippen LogP contribution in [0.3, 0.4) is 0 Å². The molecule has 1 rings (SSSR count). The third-order valence-electron chi connectivity index (χ3n) is 3.84. The molecule has 0 N–H and O–H groups in total. The van der Waals surface area contributed by atoms with E-state index in [1.165, 1.54) is 25.9 Å². The van der Waals surface area contributed by atoms with E-state index in [1.54, 1.807) is 0 Å². The first kappa shape index (κ1) is 14.7. The number of Topliss-reactive ketones (excluding diaryl/α,β-unsaturated/α-hetero) is 1. The Labute approximate surface area is 106 Å². The number of piperidine rings is 1. The van der Waals surface area contributed by atoms with Crippen molar-refractivity contribution in [3.05, 3.63) is 0 Å². The van der Waals surface area contributed by atoms with Gasteiger partial charge in [-0.2, -0.15) is 0 Å². The van der Waals surface area contributed by atoms with E-state index in [0.717, 1.165) is 6.54 Å². The van der Waals surface area contributed by atoms with E-state index in [0.29, 0.717) is 18.2 Å². The van der Waals surface area contributed by atoms with Gasteiger partial charge in [0.15, 0.2) is 0 Å². The lowest BCUT2D eigenvalue weighted by Gasteiger charge is -2.35. The van der Waals surface area contributed by atoms with Gasteiger partial charge in [-0.15, -0.1) is 0 Å². The summed E-state index contributed by atoms with van der Waals surface area (Å²) in [5.41, 5.74) is -0.187. The fourth-order valence-electron chi connectivity index (χ4n) is 2.27. The third-order valence-corrected chi connectivity index (χ3v) is 3.84. The van der Waals surface area contributed by atoms with E-state index in [1.807, 2.05) is 20.8 Å². The molecule has 17 heavy (non-hydrogen) atoms. The van der Waals surface area contributed by atoms with Gasteiger partial charge in [-0.3, -0.25) is 4.79 Å².